The maximum atomic E-state index is 14.0. The van der Waals surface area contributed by atoms with Crippen LogP contribution in [0.3, 0.4) is 0 Å². The Bertz CT molecular complexity index is 2110. The average Bonchev–Trinajstić information content (AvgIpc) is 4.24. The topological polar surface area (TPSA) is 149 Å². The summed E-state index contributed by atoms with van der Waals surface area (Å²) in [6, 6.07) is 36.1. The Morgan fingerprint density at radius 1 is 0.475 bits per heavy atom. The number of urea groups is 1. The third-order valence-corrected chi connectivity index (χ3v) is 12.9. The van der Waals surface area contributed by atoms with Gasteiger partial charge in [0.2, 0.25) is 11.8 Å². The first kappa shape index (κ1) is 38.5. The smallest absolute Gasteiger partial charge is 0.315 e. The highest BCUT2D eigenvalue weighted by Gasteiger charge is 2.49. The first-order chi connectivity index (χ1) is 28.7. The quantitative estimate of drug-likeness (QED) is 0.167. The number of rotatable bonds is 12. The molecule has 0 unspecified atom stereocenters. The van der Waals surface area contributed by atoms with Gasteiger partial charge in [-0.15, -0.1) is 0 Å². The molecule has 5 aliphatic rings. The predicted octanol–water partition coefficient (Wildman–Crippen LogP) is 4.41. The number of likely N-dealkylation sites (tertiary alicyclic amines) is 2. The fourth-order valence-electron chi connectivity index (χ4n) is 9.17. The Balaban J connectivity index is 0.818. The van der Waals surface area contributed by atoms with Crippen molar-refractivity contribution in [3.8, 4) is 0 Å². The van der Waals surface area contributed by atoms with Crippen molar-refractivity contribution >= 4 is 29.7 Å². The maximum absolute atomic E-state index is 14.0. The number of carbonyl (C=O) groups is 5. The van der Waals surface area contributed by atoms with Gasteiger partial charge in [-0.25, -0.2) is 4.79 Å². The number of hydrogen-bond donors (Lipinski definition) is 4. The molecule has 5 fully saturated rings. The van der Waals surface area contributed by atoms with E-state index in [0.717, 1.165) is 19.3 Å². The molecule has 2 heterocycles. The standard InChI is InChI=1S/C47H50N6O6/c1-59-42-27-53(26-41(42)51-47(58)50-40-23-35(40)30-15-9-4-10-16-30)46(57)32-19-17-31(18-20-32)45(56)52-24-36(43(54)48-38-21-33(38)28-11-5-2-6-12-28)37(25-52)44(55)49-39-22-34(39)29-13-7-3-8-14-29/h2-20,33-42H,21-27H2,1H3,(H,48,54)(H,49,55)(H2,50,51,58)/t33-,34-,35-,36-,37-,38+,39+,40+,41+,42+/m1/s1. The minimum atomic E-state index is -0.701. The minimum absolute atomic E-state index is 0.0113. The van der Waals surface area contributed by atoms with Gasteiger partial charge in [-0.3, -0.25) is 19.2 Å². The zero-order valence-electron chi connectivity index (χ0n) is 33.0. The molecule has 3 saturated carbocycles. The molecule has 2 saturated heterocycles. The zero-order valence-corrected chi connectivity index (χ0v) is 33.0. The van der Waals surface area contributed by atoms with Crippen molar-refractivity contribution in [3.05, 3.63) is 143 Å². The van der Waals surface area contributed by atoms with Crippen LogP contribution in [0.1, 0.15) is 74.4 Å². The van der Waals surface area contributed by atoms with Crippen LogP contribution in [-0.4, -0.2) is 103 Å². The van der Waals surface area contributed by atoms with E-state index in [-0.39, 0.29) is 85.4 Å². The summed E-state index contributed by atoms with van der Waals surface area (Å²) in [6.07, 6.45) is 2.17. The number of ether oxygens (including phenoxy) is 1. The number of carbonyl (C=O) groups excluding carboxylic acids is 5. The second kappa shape index (κ2) is 16.3. The van der Waals surface area contributed by atoms with Crippen molar-refractivity contribution in [2.24, 2.45) is 11.8 Å². The summed E-state index contributed by atoms with van der Waals surface area (Å²) in [6.45, 7) is 0.803. The number of nitrogens with one attached hydrogen (secondary N) is 4. The van der Waals surface area contributed by atoms with Crippen LogP contribution >= 0.6 is 0 Å². The molecule has 0 aromatic heterocycles. The van der Waals surface area contributed by atoms with Crippen LogP contribution in [0.2, 0.25) is 0 Å². The molecule has 12 nitrogen and oxygen atoms in total. The minimum Gasteiger partial charge on any atom is -0.377 e. The number of hydrogen-bond acceptors (Lipinski definition) is 6. The van der Waals surface area contributed by atoms with E-state index in [4.69, 9.17) is 4.74 Å². The lowest BCUT2D eigenvalue weighted by Gasteiger charge is -2.19. The lowest BCUT2D eigenvalue weighted by molar-refractivity contribution is -0.133. The maximum Gasteiger partial charge on any atom is 0.315 e. The molecule has 4 aromatic rings. The summed E-state index contributed by atoms with van der Waals surface area (Å²) in [5.74, 6) is -1.61. The third kappa shape index (κ3) is 8.45. The molecule has 6 amide bonds. The van der Waals surface area contributed by atoms with Gasteiger partial charge in [0.1, 0.15) is 0 Å². The number of nitrogens with zero attached hydrogens (tertiary/aromatic N) is 2. The second-order valence-electron chi connectivity index (χ2n) is 16.8. The molecule has 304 valence electrons. The van der Waals surface area contributed by atoms with Gasteiger partial charge in [0.05, 0.1) is 24.0 Å². The van der Waals surface area contributed by atoms with E-state index >= 15 is 0 Å². The fraction of sp³-hybridized carbons (Fsp3) is 0.383. The van der Waals surface area contributed by atoms with Gasteiger partial charge in [-0.05, 0) is 60.2 Å². The molecule has 3 aliphatic carbocycles. The summed E-state index contributed by atoms with van der Waals surface area (Å²) in [7, 11) is 1.57. The molecule has 9 rings (SSSR count). The van der Waals surface area contributed by atoms with Crippen LogP contribution in [0.25, 0.3) is 0 Å². The summed E-state index contributed by atoms with van der Waals surface area (Å²) >= 11 is 0. The average molecular weight is 795 g/mol. The normalized spacial score (nSPS) is 29.0. The first-order valence-electron chi connectivity index (χ1n) is 20.8. The van der Waals surface area contributed by atoms with Crippen molar-refractivity contribution in [2.75, 3.05) is 33.3 Å². The Kier molecular flexibility index (Phi) is 10.7. The van der Waals surface area contributed by atoms with Crippen LogP contribution in [0, 0.1) is 11.8 Å². The predicted molar refractivity (Wildman–Crippen MR) is 221 cm³/mol. The van der Waals surface area contributed by atoms with Crippen molar-refractivity contribution in [1.82, 2.24) is 31.1 Å². The fourth-order valence-corrected chi connectivity index (χ4v) is 9.17. The van der Waals surface area contributed by atoms with E-state index in [1.165, 1.54) is 16.7 Å². The van der Waals surface area contributed by atoms with Crippen LogP contribution in [-0.2, 0) is 14.3 Å². The van der Waals surface area contributed by atoms with Crippen LogP contribution < -0.4 is 21.3 Å². The highest BCUT2D eigenvalue weighted by Crippen LogP contribution is 2.43. The third-order valence-electron chi connectivity index (χ3n) is 12.9. The lowest BCUT2D eigenvalue weighted by Crippen LogP contribution is -2.48. The molecule has 4 N–H and O–H groups in total. The summed E-state index contributed by atoms with van der Waals surface area (Å²) < 4.78 is 5.67. The SMILES string of the molecule is CO[C@H]1CN(C(=O)c2ccc(C(=O)N3C[C@@H](C(=O)N[C@H]4C[C@@H]4c4ccccc4)[C@H](C(=O)N[C@H]4C[C@@H]4c4ccccc4)C3)cc2)C[C@@H]1NC(=O)N[C@H]1C[C@@H]1c1ccccc1. The Morgan fingerprint density at radius 3 is 1.25 bits per heavy atom. The molecule has 0 bridgehead atoms. The number of amides is 6. The van der Waals surface area contributed by atoms with E-state index < -0.39 is 17.9 Å². The summed E-state index contributed by atoms with van der Waals surface area (Å²) in [4.78, 5) is 71.5. The molecular formula is C47H50N6O6. The van der Waals surface area contributed by atoms with Gasteiger partial charge in [0.25, 0.3) is 11.8 Å². The van der Waals surface area contributed by atoms with Gasteiger partial charge < -0.3 is 35.8 Å². The Labute approximate surface area is 344 Å². The largest absolute Gasteiger partial charge is 0.377 e. The molecule has 4 aromatic carbocycles. The van der Waals surface area contributed by atoms with Crippen molar-refractivity contribution < 1.29 is 28.7 Å². The Morgan fingerprint density at radius 2 is 0.847 bits per heavy atom. The van der Waals surface area contributed by atoms with Crippen molar-refractivity contribution in [3.63, 3.8) is 0 Å². The van der Waals surface area contributed by atoms with E-state index in [1.807, 2.05) is 54.6 Å². The molecule has 0 spiro atoms. The van der Waals surface area contributed by atoms with Gasteiger partial charge >= 0.3 is 6.03 Å². The van der Waals surface area contributed by atoms with E-state index in [9.17, 15) is 24.0 Å². The van der Waals surface area contributed by atoms with Crippen molar-refractivity contribution in [2.45, 2.75) is 67.3 Å². The molecule has 10 atom stereocenters. The summed E-state index contributed by atoms with van der Waals surface area (Å²) in [5, 5.41) is 12.4. The molecule has 2 aliphatic heterocycles. The van der Waals surface area contributed by atoms with E-state index in [2.05, 4.69) is 57.7 Å². The Hall–Kier alpha value is -6.01. The number of methoxy groups -OCH3 is 1. The van der Waals surface area contributed by atoms with Gasteiger partial charge in [-0.2, -0.15) is 0 Å². The molecule has 0 radical (unpaired) electrons. The van der Waals surface area contributed by atoms with Gasteiger partial charge in [0, 0.05) is 80.3 Å². The van der Waals surface area contributed by atoms with Crippen LogP contribution in [0.4, 0.5) is 4.79 Å². The highest BCUT2D eigenvalue weighted by atomic mass is 16.5. The monoisotopic (exact) mass is 794 g/mol. The highest BCUT2D eigenvalue weighted by molar-refractivity contribution is 5.99. The number of benzene rings is 4. The van der Waals surface area contributed by atoms with Crippen LogP contribution in [0.5, 0.6) is 0 Å². The summed E-state index contributed by atoms with van der Waals surface area (Å²) in [5.41, 5.74) is 4.31. The molecule has 59 heavy (non-hydrogen) atoms. The zero-order chi connectivity index (χ0) is 40.6. The second-order valence-corrected chi connectivity index (χ2v) is 16.8. The van der Waals surface area contributed by atoms with Crippen molar-refractivity contribution in [1.29, 1.82) is 0 Å². The first-order valence-corrected chi connectivity index (χ1v) is 20.8. The van der Waals surface area contributed by atoms with Crippen LogP contribution in [0.15, 0.2) is 115 Å². The van der Waals surface area contributed by atoms with E-state index in [0.29, 0.717) is 23.6 Å². The molecule has 12 heteroatoms. The van der Waals surface area contributed by atoms with Gasteiger partial charge in [0.15, 0.2) is 0 Å². The van der Waals surface area contributed by atoms with Gasteiger partial charge in [-0.1, -0.05) is 91.0 Å². The molecular weight excluding hydrogens is 745 g/mol. The lowest BCUT2D eigenvalue weighted by atomic mass is 9.94. The van der Waals surface area contributed by atoms with E-state index in [1.54, 1.807) is 41.2 Å².